The highest BCUT2D eigenvalue weighted by Crippen LogP contribution is 2.39. The van der Waals surface area contributed by atoms with Gasteiger partial charge in [-0.15, -0.1) is 0 Å². The van der Waals surface area contributed by atoms with Crippen LogP contribution in [0.5, 0.6) is 0 Å². The van der Waals surface area contributed by atoms with Crippen molar-refractivity contribution in [2.75, 3.05) is 59.0 Å². The zero-order valence-corrected chi connectivity index (χ0v) is 19.9. The molecule has 1 aromatic rings. The van der Waals surface area contributed by atoms with E-state index in [4.69, 9.17) is 27.9 Å². The zero-order chi connectivity index (χ0) is 23.5. The number of hydrogen-bond acceptors (Lipinski definition) is 5. The molecule has 0 aliphatic carbocycles. The van der Waals surface area contributed by atoms with Gasteiger partial charge in [0.15, 0.2) is 0 Å². The Morgan fingerprint density at radius 3 is 2.70 bits per heavy atom. The fraction of sp³-hybridized carbons (Fsp3) is 0.500. The molecular weight excluding hydrogens is 469 g/mol. The standard InChI is InChI=1S/C22H27Cl2N5O4/c1-2-29-17-12-28(13-18(30)25-5-6-27-7-9-33-10-8-27)21(31)19(17)20(26-22(29)32)15-4-3-14(23)11-16(15)24/h3-4,11,20H,2,5-10,12-13H2,1H3,(H,25,30)(H,26,32)/t20-/m1/s1. The third kappa shape index (κ3) is 5.11. The van der Waals surface area contributed by atoms with Crippen LogP contribution in [0, 0.1) is 0 Å². The molecule has 4 rings (SSSR count). The summed E-state index contributed by atoms with van der Waals surface area (Å²) in [6.07, 6.45) is 0. The van der Waals surface area contributed by atoms with E-state index in [2.05, 4.69) is 15.5 Å². The summed E-state index contributed by atoms with van der Waals surface area (Å²) in [6, 6.07) is 3.94. The van der Waals surface area contributed by atoms with Gasteiger partial charge in [-0.2, -0.15) is 0 Å². The number of amides is 4. The number of ether oxygens (including phenoxy) is 1. The molecule has 33 heavy (non-hydrogen) atoms. The molecule has 0 bridgehead atoms. The van der Waals surface area contributed by atoms with Gasteiger partial charge in [-0.05, 0) is 24.6 Å². The quantitative estimate of drug-likeness (QED) is 0.599. The number of morpholine rings is 1. The molecule has 0 radical (unpaired) electrons. The van der Waals surface area contributed by atoms with Gasteiger partial charge in [0.1, 0.15) is 6.54 Å². The molecule has 3 aliphatic heterocycles. The molecule has 2 N–H and O–H groups in total. The molecule has 3 heterocycles. The van der Waals surface area contributed by atoms with E-state index in [1.807, 2.05) is 6.92 Å². The smallest absolute Gasteiger partial charge is 0.322 e. The van der Waals surface area contributed by atoms with Crippen LogP contribution in [-0.4, -0.2) is 91.6 Å². The first kappa shape index (κ1) is 23.8. The molecule has 0 aromatic heterocycles. The summed E-state index contributed by atoms with van der Waals surface area (Å²) in [7, 11) is 0. The summed E-state index contributed by atoms with van der Waals surface area (Å²) < 4.78 is 5.33. The average Bonchev–Trinajstić information content (AvgIpc) is 3.10. The second-order valence-electron chi connectivity index (χ2n) is 8.12. The number of hydrogen-bond donors (Lipinski definition) is 2. The zero-order valence-electron chi connectivity index (χ0n) is 18.4. The molecule has 1 aromatic carbocycles. The van der Waals surface area contributed by atoms with Crippen molar-refractivity contribution < 1.29 is 19.1 Å². The van der Waals surface area contributed by atoms with Gasteiger partial charge < -0.3 is 20.3 Å². The number of urea groups is 1. The Labute approximate surface area is 202 Å². The molecule has 1 saturated heterocycles. The number of rotatable bonds is 7. The molecule has 1 fully saturated rings. The number of carbonyl (C=O) groups is 3. The minimum atomic E-state index is -0.707. The topological polar surface area (TPSA) is 94.2 Å². The van der Waals surface area contributed by atoms with E-state index in [1.54, 1.807) is 18.2 Å². The van der Waals surface area contributed by atoms with Crippen LogP contribution in [0.2, 0.25) is 10.0 Å². The van der Waals surface area contributed by atoms with Crippen molar-refractivity contribution in [2.24, 2.45) is 0 Å². The lowest BCUT2D eigenvalue weighted by molar-refractivity contribution is -0.131. The van der Waals surface area contributed by atoms with Crippen LogP contribution >= 0.6 is 23.2 Å². The SMILES string of the molecule is CCN1C(=O)N[C@H](c2ccc(Cl)cc2Cl)C2=C1CN(CC(=O)NCCN1CCOCC1)C2=O. The van der Waals surface area contributed by atoms with Crippen LogP contribution in [0.15, 0.2) is 29.5 Å². The second kappa shape index (κ2) is 10.3. The Kier molecular flexibility index (Phi) is 7.43. The highest BCUT2D eigenvalue weighted by molar-refractivity contribution is 6.35. The van der Waals surface area contributed by atoms with Crippen molar-refractivity contribution in [3.05, 3.63) is 45.1 Å². The number of likely N-dealkylation sites (N-methyl/N-ethyl adjacent to an activating group) is 1. The van der Waals surface area contributed by atoms with Crippen LogP contribution in [0.1, 0.15) is 18.5 Å². The Morgan fingerprint density at radius 1 is 1.24 bits per heavy atom. The van der Waals surface area contributed by atoms with Crippen molar-refractivity contribution in [1.29, 1.82) is 0 Å². The summed E-state index contributed by atoms with van der Waals surface area (Å²) in [6.45, 7) is 6.67. The van der Waals surface area contributed by atoms with Crippen LogP contribution in [0.3, 0.4) is 0 Å². The van der Waals surface area contributed by atoms with Crippen LogP contribution in [0.25, 0.3) is 0 Å². The fourth-order valence-corrected chi connectivity index (χ4v) is 4.90. The van der Waals surface area contributed by atoms with E-state index >= 15 is 0 Å². The van der Waals surface area contributed by atoms with Gasteiger partial charge in [-0.1, -0.05) is 29.3 Å². The summed E-state index contributed by atoms with van der Waals surface area (Å²) in [4.78, 5) is 43.9. The molecule has 0 saturated carbocycles. The minimum Gasteiger partial charge on any atom is -0.379 e. The van der Waals surface area contributed by atoms with E-state index in [-0.39, 0.29) is 30.9 Å². The molecule has 1 atom stereocenters. The fourth-order valence-electron chi connectivity index (χ4n) is 4.39. The molecule has 11 heteroatoms. The van der Waals surface area contributed by atoms with Gasteiger partial charge in [-0.3, -0.25) is 19.4 Å². The molecule has 0 spiro atoms. The monoisotopic (exact) mass is 495 g/mol. The van der Waals surface area contributed by atoms with E-state index in [0.29, 0.717) is 53.2 Å². The Morgan fingerprint density at radius 2 is 2.00 bits per heavy atom. The van der Waals surface area contributed by atoms with Gasteiger partial charge in [0.2, 0.25) is 5.91 Å². The van der Waals surface area contributed by atoms with Crippen LogP contribution in [0.4, 0.5) is 4.79 Å². The van der Waals surface area contributed by atoms with Crippen molar-refractivity contribution in [2.45, 2.75) is 13.0 Å². The molecular formula is C22H27Cl2N5O4. The van der Waals surface area contributed by atoms with Crippen LogP contribution < -0.4 is 10.6 Å². The van der Waals surface area contributed by atoms with E-state index < -0.39 is 6.04 Å². The van der Waals surface area contributed by atoms with E-state index in [1.165, 1.54) is 9.80 Å². The summed E-state index contributed by atoms with van der Waals surface area (Å²) in [5.74, 6) is -0.525. The molecule has 9 nitrogen and oxygen atoms in total. The number of carbonyl (C=O) groups excluding carboxylic acids is 3. The molecule has 4 amide bonds. The Bertz CT molecular complexity index is 980. The van der Waals surface area contributed by atoms with Crippen molar-refractivity contribution >= 4 is 41.0 Å². The summed E-state index contributed by atoms with van der Waals surface area (Å²) in [5.41, 5.74) is 1.62. The van der Waals surface area contributed by atoms with Gasteiger partial charge in [0, 0.05) is 42.8 Å². The average molecular weight is 496 g/mol. The molecule has 0 unspecified atom stereocenters. The molecule has 178 valence electrons. The largest absolute Gasteiger partial charge is 0.379 e. The highest BCUT2D eigenvalue weighted by atomic mass is 35.5. The Hall–Kier alpha value is -2.33. The van der Waals surface area contributed by atoms with Crippen LogP contribution in [-0.2, 0) is 14.3 Å². The predicted molar refractivity (Wildman–Crippen MR) is 124 cm³/mol. The lowest BCUT2D eigenvalue weighted by Crippen LogP contribution is -2.47. The third-order valence-electron chi connectivity index (χ3n) is 6.07. The highest BCUT2D eigenvalue weighted by Gasteiger charge is 2.44. The van der Waals surface area contributed by atoms with Gasteiger partial charge in [0.05, 0.1) is 37.1 Å². The summed E-state index contributed by atoms with van der Waals surface area (Å²) in [5, 5.41) is 6.58. The maximum absolute atomic E-state index is 13.3. The predicted octanol–water partition coefficient (Wildman–Crippen LogP) is 1.62. The second-order valence-corrected chi connectivity index (χ2v) is 8.96. The normalized spacial score (nSPS) is 21.4. The van der Waals surface area contributed by atoms with Crippen molar-refractivity contribution in [3.63, 3.8) is 0 Å². The van der Waals surface area contributed by atoms with Crippen molar-refractivity contribution in [1.82, 2.24) is 25.3 Å². The number of halogens is 2. The lowest BCUT2D eigenvalue weighted by atomic mass is 9.95. The lowest BCUT2D eigenvalue weighted by Gasteiger charge is -2.33. The van der Waals surface area contributed by atoms with Crippen molar-refractivity contribution in [3.8, 4) is 0 Å². The first-order valence-electron chi connectivity index (χ1n) is 11.0. The number of nitrogens with one attached hydrogen (secondary N) is 2. The first-order chi connectivity index (χ1) is 15.9. The number of nitrogens with zero attached hydrogens (tertiary/aromatic N) is 3. The van der Waals surface area contributed by atoms with Gasteiger partial charge >= 0.3 is 6.03 Å². The number of benzene rings is 1. The Balaban J connectivity index is 1.45. The van der Waals surface area contributed by atoms with Gasteiger partial charge in [-0.25, -0.2) is 4.79 Å². The minimum absolute atomic E-state index is 0.0816. The molecule has 3 aliphatic rings. The van der Waals surface area contributed by atoms with E-state index in [9.17, 15) is 14.4 Å². The van der Waals surface area contributed by atoms with E-state index in [0.717, 1.165) is 19.6 Å². The summed E-state index contributed by atoms with van der Waals surface area (Å²) >= 11 is 12.4. The third-order valence-corrected chi connectivity index (χ3v) is 6.64. The van der Waals surface area contributed by atoms with Gasteiger partial charge in [0.25, 0.3) is 5.91 Å². The maximum Gasteiger partial charge on any atom is 0.322 e. The first-order valence-corrected chi connectivity index (χ1v) is 11.8. The maximum atomic E-state index is 13.3.